The smallest absolute Gasteiger partial charge is 0.338 e. The zero-order chi connectivity index (χ0) is 25.1. The molecule has 0 saturated heterocycles. The van der Waals surface area contributed by atoms with Crippen LogP contribution in [-0.2, 0) is 15.3 Å². The number of carbonyl (C=O) groups excluding carboxylic acids is 1. The van der Waals surface area contributed by atoms with Crippen molar-refractivity contribution in [3.05, 3.63) is 107 Å². The van der Waals surface area contributed by atoms with E-state index in [4.69, 9.17) is 9.84 Å². The van der Waals surface area contributed by atoms with Crippen molar-refractivity contribution in [1.82, 2.24) is 14.8 Å². The van der Waals surface area contributed by atoms with Gasteiger partial charge in [-0.15, -0.1) is 5.10 Å². The van der Waals surface area contributed by atoms with E-state index in [9.17, 15) is 9.18 Å². The molecule has 1 aliphatic rings. The van der Waals surface area contributed by atoms with Crippen LogP contribution in [0.4, 0.5) is 10.3 Å². The lowest BCUT2D eigenvalue weighted by atomic mass is 9.96. The van der Waals surface area contributed by atoms with Crippen molar-refractivity contribution >= 4 is 23.7 Å². The molecule has 1 atom stereocenters. The molecule has 0 aliphatic carbocycles. The number of hydrogen-bond donors (Lipinski definition) is 1. The van der Waals surface area contributed by atoms with Crippen molar-refractivity contribution in [2.45, 2.75) is 30.8 Å². The highest BCUT2D eigenvalue weighted by Gasteiger charge is 2.35. The third-order valence-corrected chi connectivity index (χ3v) is 6.85. The first-order chi connectivity index (χ1) is 17.5. The van der Waals surface area contributed by atoms with E-state index in [0.717, 1.165) is 11.1 Å². The van der Waals surface area contributed by atoms with E-state index in [2.05, 4.69) is 46.7 Å². The van der Waals surface area contributed by atoms with Crippen molar-refractivity contribution in [2.24, 2.45) is 0 Å². The molecule has 0 radical (unpaired) electrons. The van der Waals surface area contributed by atoms with Gasteiger partial charge in [0.1, 0.15) is 11.9 Å². The van der Waals surface area contributed by atoms with Crippen molar-refractivity contribution in [2.75, 3.05) is 11.9 Å². The second-order valence-electron chi connectivity index (χ2n) is 8.35. The summed E-state index contributed by atoms with van der Waals surface area (Å²) in [6.45, 7) is 3.82. The Hall–Kier alpha value is -3.91. The van der Waals surface area contributed by atoms with Gasteiger partial charge < -0.3 is 10.1 Å². The minimum atomic E-state index is -0.576. The van der Waals surface area contributed by atoms with E-state index in [-0.39, 0.29) is 12.4 Å². The Balaban J connectivity index is 1.39. The molecule has 5 rings (SSSR count). The number of ether oxygens (including phenoxy) is 1. The predicted octanol–water partition coefficient (Wildman–Crippen LogP) is 6.23. The third kappa shape index (κ3) is 4.90. The lowest BCUT2D eigenvalue weighted by molar-refractivity contribution is -0.139. The first-order valence-electron chi connectivity index (χ1n) is 11.7. The third-order valence-electron chi connectivity index (χ3n) is 5.94. The van der Waals surface area contributed by atoms with Crippen molar-refractivity contribution in [1.29, 1.82) is 0 Å². The maximum Gasteiger partial charge on any atom is 0.338 e. The first-order valence-corrected chi connectivity index (χ1v) is 12.7. The number of halogens is 1. The molecular weight excluding hydrogens is 475 g/mol. The highest BCUT2D eigenvalue weighted by molar-refractivity contribution is 7.98. The summed E-state index contributed by atoms with van der Waals surface area (Å²) in [6.07, 6.45) is 0. The SMILES string of the molecule is CCOC(=O)C1=C(C)Nc2nc(SCc3ccc(-c4ccccc4)cc3)nn2C1c1ccc(F)cc1. The largest absolute Gasteiger partial charge is 0.463 e. The molecule has 4 aromatic rings. The number of hydrogen-bond acceptors (Lipinski definition) is 6. The Morgan fingerprint density at radius 2 is 1.72 bits per heavy atom. The number of thioether (sulfide) groups is 1. The van der Waals surface area contributed by atoms with Crippen LogP contribution in [0.3, 0.4) is 0 Å². The van der Waals surface area contributed by atoms with E-state index in [1.54, 1.807) is 23.7 Å². The van der Waals surface area contributed by atoms with Gasteiger partial charge in [0.05, 0.1) is 12.2 Å². The Kier molecular flexibility index (Phi) is 6.86. The number of allylic oxidation sites excluding steroid dienone is 1. The van der Waals surface area contributed by atoms with Gasteiger partial charge in [-0.2, -0.15) is 4.98 Å². The van der Waals surface area contributed by atoms with Crippen LogP contribution in [0.1, 0.15) is 31.0 Å². The fourth-order valence-corrected chi connectivity index (χ4v) is 4.98. The molecule has 6 nitrogen and oxygen atoms in total. The molecule has 36 heavy (non-hydrogen) atoms. The maximum atomic E-state index is 13.6. The Bertz CT molecular complexity index is 1400. The standard InChI is InChI=1S/C28H25FN4O2S/c1-3-35-26(34)24-18(2)30-27-31-28(32-33(27)25(24)22-13-15-23(29)16-14-22)36-17-19-9-11-21(12-10-19)20-7-5-4-6-8-20/h4-16,25H,3,17H2,1-2H3,(H,30,31,32). The molecule has 2 heterocycles. The van der Waals surface area contributed by atoms with E-state index < -0.39 is 12.0 Å². The average Bonchev–Trinajstić information content (AvgIpc) is 3.30. The second kappa shape index (κ2) is 10.4. The number of nitrogens with one attached hydrogen (secondary N) is 1. The van der Waals surface area contributed by atoms with Gasteiger partial charge in [0.2, 0.25) is 11.1 Å². The van der Waals surface area contributed by atoms with Gasteiger partial charge in [-0.05, 0) is 48.2 Å². The minimum absolute atomic E-state index is 0.250. The summed E-state index contributed by atoms with van der Waals surface area (Å²) in [7, 11) is 0. The molecule has 3 aromatic carbocycles. The average molecular weight is 501 g/mol. The minimum Gasteiger partial charge on any atom is -0.463 e. The molecule has 1 unspecified atom stereocenters. The van der Waals surface area contributed by atoms with Crippen LogP contribution in [0.25, 0.3) is 11.1 Å². The molecule has 1 N–H and O–H groups in total. The summed E-state index contributed by atoms with van der Waals surface area (Å²) in [5.74, 6) is 0.429. The van der Waals surface area contributed by atoms with Crippen LogP contribution in [0.15, 0.2) is 95.3 Å². The van der Waals surface area contributed by atoms with Gasteiger partial charge in [0.25, 0.3) is 0 Å². The van der Waals surface area contributed by atoms with Gasteiger partial charge in [-0.1, -0.05) is 78.5 Å². The topological polar surface area (TPSA) is 69.0 Å². The molecule has 182 valence electrons. The molecule has 0 amide bonds. The molecule has 0 fully saturated rings. The quantitative estimate of drug-likeness (QED) is 0.240. The van der Waals surface area contributed by atoms with Crippen LogP contribution in [0, 0.1) is 5.82 Å². The highest BCUT2D eigenvalue weighted by atomic mass is 32.2. The van der Waals surface area contributed by atoms with Crippen LogP contribution >= 0.6 is 11.8 Å². The van der Waals surface area contributed by atoms with E-state index >= 15 is 0 Å². The monoisotopic (exact) mass is 500 g/mol. The molecule has 0 saturated carbocycles. The lowest BCUT2D eigenvalue weighted by Crippen LogP contribution is -2.29. The van der Waals surface area contributed by atoms with E-state index in [1.165, 1.54) is 35.0 Å². The molecule has 1 aromatic heterocycles. The predicted molar refractivity (Wildman–Crippen MR) is 139 cm³/mol. The second-order valence-corrected chi connectivity index (χ2v) is 9.29. The summed E-state index contributed by atoms with van der Waals surface area (Å²) < 4.78 is 20.6. The number of carbonyl (C=O) groups is 1. The van der Waals surface area contributed by atoms with Crippen LogP contribution in [0.5, 0.6) is 0 Å². The first kappa shape index (κ1) is 23.8. The van der Waals surface area contributed by atoms with Crippen LogP contribution < -0.4 is 5.32 Å². The molecule has 8 heteroatoms. The zero-order valence-corrected chi connectivity index (χ0v) is 20.8. The number of rotatable bonds is 7. The Morgan fingerprint density at radius 3 is 2.42 bits per heavy atom. The lowest BCUT2D eigenvalue weighted by Gasteiger charge is -2.28. The van der Waals surface area contributed by atoms with Crippen LogP contribution in [0.2, 0.25) is 0 Å². The van der Waals surface area contributed by atoms with Crippen molar-refractivity contribution in [3.63, 3.8) is 0 Å². The summed E-state index contributed by atoms with van der Waals surface area (Å²) in [5.41, 5.74) is 5.28. The Labute approximate surface area is 213 Å². The fourth-order valence-electron chi connectivity index (χ4n) is 4.19. The summed E-state index contributed by atoms with van der Waals surface area (Å²) in [6, 6.07) is 24.2. The highest BCUT2D eigenvalue weighted by Crippen LogP contribution is 2.37. The zero-order valence-electron chi connectivity index (χ0n) is 19.9. The normalized spacial score (nSPS) is 14.8. The van der Waals surface area contributed by atoms with Gasteiger partial charge in [-0.3, -0.25) is 0 Å². The van der Waals surface area contributed by atoms with Gasteiger partial charge >= 0.3 is 5.97 Å². The number of aromatic nitrogens is 3. The number of anilines is 1. The number of benzene rings is 3. The maximum absolute atomic E-state index is 13.6. The van der Waals surface area contributed by atoms with E-state index in [0.29, 0.717) is 28.1 Å². The molecule has 0 bridgehead atoms. The number of fused-ring (bicyclic) bond motifs is 1. The van der Waals surface area contributed by atoms with Crippen molar-refractivity contribution in [3.8, 4) is 11.1 Å². The van der Waals surface area contributed by atoms with E-state index in [1.807, 2.05) is 25.1 Å². The van der Waals surface area contributed by atoms with Crippen molar-refractivity contribution < 1.29 is 13.9 Å². The molecule has 1 aliphatic heterocycles. The van der Waals surface area contributed by atoms with Gasteiger partial charge in [-0.25, -0.2) is 13.9 Å². The van der Waals surface area contributed by atoms with Gasteiger partial charge in [0.15, 0.2) is 0 Å². The fraction of sp³-hybridized carbons (Fsp3) is 0.179. The van der Waals surface area contributed by atoms with Crippen LogP contribution in [-0.4, -0.2) is 27.3 Å². The summed E-state index contributed by atoms with van der Waals surface area (Å²) in [5, 5.41) is 8.47. The number of esters is 1. The summed E-state index contributed by atoms with van der Waals surface area (Å²) in [4.78, 5) is 17.5. The molecule has 0 spiro atoms. The summed E-state index contributed by atoms with van der Waals surface area (Å²) >= 11 is 1.51. The Morgan fingerprint density at radius 1 is 1.03 bits per heavy atom. The number of nitrogens with zero attached hydrogens (tertiary/aromatic N) is 3. The molecular formula is C28H25FN4O2S. The van der Waals surface area contributed by atoms with Gasteiger partial charge in [0, 0.05) is 11.4 Å².